The lowest BCUT2D eigenvalue weighted by atomic mass is 9.87. The number of hydrogen-bond donors (Lipinski definition) is 1. The lowest BCUT2D eigenvalue weighted by Gasteiger charge is -2.32. The second kappa shape index (κ2) is 13.4. The van der Waals surface area contributed by atoms with Crippen LogP contribution in [0.4, 0.5) is 0 Å². The predicted molar refractivity (Wildman–Crippen MR) is 145 cm³/mol. The lowest BCUT2D eigenvalue weighted by Crippen LogP contribution is -2.45. The van der Waals surface area contributed by atoms with Crippen molar-refractivity contribution < 1.29 is 19.1 Å². The smallest absolute Gasteiger partial charge is 0.224 e. The van der Waals surface area contributed by atoms with E-state index in [2.05, 4.69) is 16.9 Å². The van der Waals surface area contributed by atoms with Crippen molar-refractivity contribution in [2.75, 3.05) is 33.9 Å². The Morgan fingerprint density at radius 3 is 2.67 bits per heavy atom. The Kier molecular flexibility index (Phi) is 10.6. The van der Waals surface area contributed by atoms with Crippen molar-refractivity contribution in [1.82, 2.24) is 15.2 Å². The molecular weight excluding hydrogens is 498 g/mol. The molecule has 1 aromatic carbocycles. The van der Waals surface area contributed by atoms with Crippen LogP contribution < -0.4 is 5.32 Å². The first-order valence-corrected chi connectivity index (χ1v) is 13.6. The molecule has 1 aliphatic heterocycles. The molecule has 2 aromatic rings. The first-order chi connectivity index (χ1) is 17.1. The highest BCUT2D eigenvalue weighted by Gasteiger charge is 2.30. The molecule has 196 valence electrons. The molecule has 1 fully saturated rings. The minimum Gasteiger partial charge on any atom is -0.381 e. The Hall–Kier alpha value is -2.13. The fourth-order valence-corrected chi connectivity index (χ4v) is 5.95. The lowest BCUT2D eigenvalue weighted by molar-refractivity contribution is -0.130. The molecule has 2 heterocycles. The molecule has 1 aromatic heterocycles. The molecule has 0 bridgehead atoms. The number of Topliss-reactive ketones (excluding diaryl/α,β-unsaturated/α-hetero) is 2. The molecule has 1 saturated heterocycles. The van der Waals surface area contributed by atoms with Gasteiger partial charge >= 0.3 is 0 Å². The fourth-order valence-electron chi connectivity index (χ4n) is 4.63. The summed E-state index contributed by atoms with van der Waals surface area (Å²) in [4.78, 5) is 44.7. The number of nitrogens with one attached hydrogen (secondary N) is 1. The first kappa shape index (κ1) is 28.4. The van der Waals surface area contributed by atoms with E-state index in [4.69, 9.17) is 16.3 Å². The van der Waals surface area contributed by atoms with Gasteiger partial charge in [0, 0.05) is 55.7 Å². The number of hydrogen-bond acceptors (Lipinski definition) is 7. The van der Waals surface area contributed by atoms with Gasteiger partial charge in [0.1, 0.15) is 5.78 Å². The van der Waals surface area contributed by atoms with Crippen molar-refractivity contribution in [3.05, 3.63) is 40.4 Å². The summed E-state index contributed by atoms with van der Waals surface area (Å²) >= 11 is 7.60. The van der Waals surface area contributed by atoms with Gasteiger partial charge in [0.15, 0.2) is 5.78 Å². The van der Waals surface area contributed by atoms with E-state index in [1.165, 1.54) is 18.3 Å². The van der Waals surface area contributed by atoms with Gasteiger partial charge in [0.05, 0.1) is 21.1 Å². The molecule has 36 heavy (non-hydrogen) atoms. The van der Waals surface area contributed by atoms with Gasteiger partial charge < -0.3 is 19.7 Å². The number of likely N-dealkylation sites (N-methyl/N-ethyl adjacent to an activating group) is 1. The highest BCUT2D eigenvalue weighted by molar-refractivity contribution is 7.18. The molecular formula is C27H36ClN3O4S. The molecule has 0 spiro atoms. The number of thiazole rings is 1. The van der Waals surface area contributed by atoms with Gasteiger partial charge in [-0.1, -0.05) is 18.2 Å². The van der Waals surface area contributed by atoms with Gasteiger partial charge in [-0.3, -0.25) is 9.59 Å². The van der Waals surface area contributed by atoms with Gasteiger partial charge in [0.2, 0.25) is 5.91 Å². The molecule has 7 nitrogen and oxygen atoms in total. The number of ether oxygens (including phenoxy) is 1. The third-order valence-corrected chi connectivity index (χ3v) is 7.74. The fraction of sp³-hybridized carbons (Fsp3) is 0.556. The maximum Gasteiger partial charge on any atom is 0.224 e. The van der Waals surface area contributed by atoms with E-state index in [1.807, 2.05) is 31.1 Å². The Bertz CT molecular complexity index is 1090. The number of ketones is 2. The third kappa shape index (κ3) is 8.47. The summed E-state index contributed by atoms with van der Waals surface area (Å²) in [5, 5.41) is 4.64. The van der Waals surface area contributed by atoms with Crippen molar-refractivity contribution in [1.29, 1.82) is 0 Å². The van der Waals surface area contributed by atoms with Crippen molar-refractivity contribution in [2.45, 2.75) is 51.5 Å². The Morgan fingerprint density at radius 1 is 1.28 bits per heavy atom. The van der Waals surface area contributed by atoms with Gasteiger partial charge in [0.25, 0.3) is 0 Å². The third-order valence-electron chi connectivity index (χ3n) is 6.47. The summed E-state index contributed by atoms with van der Waals surface area (Å²) in [6, 6.07) is 5.35. The molecule has 0 saturated carbocycles. The molecule has 0 aliphatic carbocycles. The van der Waals surface area contributed by atoms with Gasteiger partial charge in [-0.05, 0) is 64.4 Å². The second-order valence-corrected chi connectivity index (χ2v) is 11.4. The van der Waals surface area contributed by atoms with Crippen LogP contribution in [0.1, 0.15) is 44.0 Å². The number of halogens is 1. The van der Waals surface area contributed by atoms with Crippen LogP contribution in [0.3, 0.4) is 0 Å². The number of aromatic nitrogens is 1. The van der Waals surface area contributed by atoms with E-state index in [1.54, 1.807) is 6.07 Å². The van der Waals surface area contributed by atoms with Gasteiger partial charge in [-0.25, -0.2) is 4.98 Å². The van der Waals surface area contributed by atoms with Crippen LogP contribution >= 0.6 is 22.9 Å². The number of benzene rings is 1. The maximum absolute atomic E-state index is 13.5. The topological polar surface area (TPSA) is 88.6 Å². The minimum atomic E-state index is -0.528. The van der Waals surface area contributed by atoms with E-state index in [-0.39, 0.29) is 35.9 Å². The van der Waals surface area contributed by atoms with Crippen molar-refractivity contribution in [3.8, 4) is 0 Å². The minimum absolute atomic E-state index is 0.0171. The number of carbonyl (C=O) groups excluding carboxylic acids is 3. The van der Waals surface area contributed by atoms with E-state index in [0.29, 0.717) is 49.6 Å². The largest absolute Gasteiger partial charge is 0.381 e. The maximum atomic E-state index is 13.5. The average Bonchev–Trinajstić information content (AvgIpc) is 3.22. The zero-order chi connectivity index (χ0) is 26.2. The van der Waals surface area contributed by atoms with Crippen molar-refractivity contribution in [3.63, 3.8) is 0 Å². The molecule has 0 unspecified atom stereocenters. The molecule has 9 heteroatoms. The molecule has 3 rings (SSSR count). The molecule has 1 N–H and O–H groups in total. The van der Waals surface area contributed by atoms with E-state index >= 15 is 0 Å². The summed E-state index contributed by atoms with van der Waals surface area (Å²) < 4.78 is 6.47. The Balaban J connectivity index is 1.72. The Labute approximate surface area is 222 Å². The van der Waals surface area contributed by atoms with Crippen LogP contribution in [0.5, 0.6) is 0 Å². The van der Waals surface area contributed by atoms with Crippen LogP contribution in [0.25, 0.3) is 10.2 Å². The standard InChI is InChI=1S/C27H36ClN3O4S/c1-17(16-31(3)4)24(33)8-7-22(19-9-11-35-12-10-19)30-27(34)20(13-18(2)32)14-26-29-23-6-5-21(28)15-25(23)36-26/h5-6,15,19-20,22H,1,7-14,16H2,2-4H3,(H,30,34)/t20-,22+/m0/s1. The van der Waals surface area contributed by atoms with Crippen LogP contribution in [-0.4, -0.2) is 67.3 Å². The highest BCUT2D eigenvalue weighted by atomic mass is 35.5. The number of nitrogens with zero attached hydrogens (tertiary/aromatic N) is 2. The van der Waals surface area contributed by atoms with Crippen LogP contribution in [-0.2, 0) is 25.5 Å². The molecule has 0 radical (unpaired) electrons. The molecule has 1 amide bonds. The molecule has 1 aliphatic rings. The zero-order valence-corrected chi connectivity index (χ0v) is 22.9. The van der Waals surface area contributed by atoms with E-state index < -0.39 is 5.92 Å². The number of amides is 1. The summed E-state index contributed by atoms with van der Waals surface area (Å²) in [5.74, 6) is -0.500. The summed E-state index contributed by atoms with van der Waals surface area (Å²) in [6.45, 7) is 7.23. The monoisotopic (exact) mass is 533 g/mol. The molecule has 2 atom stereocenters. The van der Waals surface area contributed by atoms with Crippen molar-refractivity contribution >= 4 is 50.6 Å². The van der Waals surface area contributed by atoms with Crippen LogP contribution in [0.15, 0.2) is 30.4 Å². The first-order valence-electron chi connectivity index (χ1n) is 12.4. The van der Waals surface area contributed by atoms with E-state index in [9.17, 15) is 14.4 Å². The van der Waals surface area contributed by atoms with Gasteiger partial charge in [-0.2, -0.15) is 0 Å². The second-order valence-electron chi connectivity index (χ2n) is 9.89. The van der Waals surface area contributed by atoms with Crippen molar-refractivity contribution in [2.24, 2.45) is 11.8 Å². The summed E-state index contributed by atoms with van der Waals surface area (Å²) in [5.41, 5.74) is 1.40. The SMILES string of the molecule is C=C(CN(C)C)C(=O)CC[C@@H](NC(=O)[C@@H](CC(C)=O)Cc1nc2ccc(Cl)cc2s1)C1CCOCC1. The van der Waals surface area contributed by atoms with E-state index in [0.717, 1.165) is 28.1 Å². The predicted octanol–water partition coefficient (Wildman–Crippen LogP) is 4.47. The van der Waals surface area contributed by atoms with Crippen LogP contribution in [0.2, 0.25) is 5.02 Å². The Morgan fingerprint density at radius 2 is 2.00 bits per heavy atom. The quantitative estimate of drug-likeness (QED) is 0.382. The summed E-state index contributed by atoms with van der Waals surface area (Å²) in [7, 11) is 3.80. The average molecular weight is 534 g/mol. The zero-order valence-electron chi connectivity index (χ0n) is 21.3. The number of carbonyl (C=O) groups is 3. The normalized spacial score (nSPS) is 16.1. The van der Waals surface area contributed by atoms with Gasteiger partial charge in [-0.15, -0.1) is 11.3 Å². The number of rotatable bonds is 13. The number of fused-ring (bicyclic) bond motifs is 1. The van der Waals surface area contributed by atoms with Crippen LogP contribution in [0, 0.1) is 11.8 Å². The highest BCUT2D eigenvalue weighted by Crippen LogP contribution is 2.28. The summed E-state index contributed by atoms with van der Waals surface area (Å²) in [6.07, 6.45) is 3.03.